The summed E-state index contributed by atoms with van der Waals surface area (Å²) in [5, 5.41) is 0. The van der Waals surface area contributed by atoms with Crippen molar-refractivity contribution in [2.45, 2.75) is 53.5 Å². The molecule has 9 rings (SSSR count). The SMILES string of the molecule is Cc1cccc2c1C(=O)N(Cc1ccccc1)C2.Cc1cccc2c1C(=O)N(Cc1ccccc1)C2=O.Cc1cccc2c1CN(Cc1ccccc1)C2=O.[Cl][SnH]. The molecule has 0 unspecified atom stereocenters. The van der Waals surface area contributed by atoms with Gasteiger partial charge >= 0.3 is 30.3 Å². The molecule has 9 heteroatoms. The molecule has 0 fully saturated rings. The van der Waals surface area contributed by atoms with Crippen LogP contribution < -0.4 is 0 Å². The molecule has 3 aliphatic heterocycles. The van der Waals surface area contributed by atoms with Crippen LogP contribution in [-0.2, 0) is 32.7 Å². The van der Waals surface area contributed by atoms with Gasteiger partial charge in [-0.15, -0.1) is 0 Å². The second-order valence-corrected chi connectivity index (χ2v) is 14.2. The molecular weight excluding hydrogens is 837 g/mol. The Kier molecular flexibility index (Phi) is 13.8. The van der Waals surface area contributed by atoms with Crippen LogP contribution in [0.3, 0.4) is 0 Å². The maximum atomic E-state index is 12.3. The second kappa shape index (κ2) is 19.1. The third-order valence-electron chi connectivity index (χ3n) is 10.3. The van der Waals surface area contributed by atoms with Crippen molar-refractivity contribution in [2.24, 2.45) is 0 Å². The average Bonchev–Trinajstić information content (AvgIpc) is 3.82. The van der Waals surface area contributed by atoms with E-state index in [-0.39, 0.29) is 23.6 Å². The summed E-state index contributed by atoms with van der Waals surface area (Å²) in [5.41, 5.74) is 11.6. The van der Waals surface area contributed by atoms with Crippen LogP contribution in [0, 0.1) is 20.8 Å². The van der Waals surface area contributed by atoms with Crippen molar-refractivity contribution in [3.63, 3.8) is 0 Å². The first-order valence-electron chi connectivity index (χ1n) is 18.7. The molecule has 3 aliphatic rings. The van der Waals surface area contributed by atoms with E-state index in [1.54, 1.807) is 6.07 Å². The van der Waals surface area contributed by atoms with Gasteiger partial charge in [-0.25, -0.2) is 0 Å². The Labute approximate surface area is 351 Å². The number of nitrogens with zero attached hydrogens (tertiary/aromatic N) is 3. The predicted molar refractivity (Wildman–Crippen MR) is 227 cm³/mol. The molecular formula is C48H44ClN3O4Sn. The summed E-state index contributed by atoms with van der Waals surface area (Å²) in [4.78, 5) is 54.4. The number of aryl methyl sites for hydroxylation is 3. The van der Waals surface area contributed by atoms with Crippen LogP contribution in [0.15, 0.2) is 146 Å². The Hall–Kier alpha value is -5.51. The van der Waals surface area contributed by atoms with Crippen LogP contribution in [0.4, 0.5) is 0 Å². The fourth-order valence-electron chi connectivity index (χ4n) is 7.42. The standard InChI is InChI=1S/C16H13NO2.2C16H15NO.ClH.Sn.H/c1-11-6-5-9-13-14(11)16(19)17(15(13)18)10-12-7-3-2-4-8-12;1-12-6-5-9-14-15(12)11-17(16(14)18)10-13-7-3-2-4-8-13;1-12-6-5-9-14-11-17(16(18)15(12)14)10-13-7-3-2-4-8-13;;;/h2-9H,10H2,1H3;2*2-9H,10-11H2,1H3;1H;;/q;;;;+1;/p-1. The number of fused-ring (bicyclic) bond motifs is 3. The van der Waals surface area contributed by atoms with Crippen LogP contribution in [0.2, 0.25) is 0 Å². The summed E-state index contributed by atoms with van der Waals surface area (Å²) in [6.07, 6.45) is 0. The van der Waals surface area contributed by atoms with Gasteiger partial charge in [0.05, 0.1) is 17.7 Å². The Bertz CT molecular complexity index is 2350. The van der Waals surface area contributed by atoms with Crippen LogP contribution in [0.5, 0.6) is 0 Å². The van der Waals surface area contributed by atoms with E-state index in [0.717, 1.165) is 67.9 Å². The van der Waals surface area contributed by atoms with Crippen LogP contribution >= 0.6 is 8.92 Å². The summed E-state index contributed by atoms with van der Waals surface area (Å²) in [6, 6.07) is 47.2. The van der Waals surface area contributed by atoms with Crippen LogP contribution in [-0.4, -0.2) is 59.7 Å². The van der Waals surface area contributed by atoms with Gasteiger partial charge < -0.3 is 9.80 Å². The Morgan fingerprint density at radius 3 is 1.40 bits per heavy atom. The Morgan fingerprint density at radius 2 is 0.895 bits per heavy atom. The molecule has 6 aromatic rings. The Morgan fingerprint density at radius 1 is 0.439 bits per heavy atom. The first-order valence-corrected chi connectivity index (χ1v) is 22.9. The van der Waals surface area contributed by atoms with E-state index in [9.17, 15) is 19.2 Å². The van der Waals surface area contributed by atoms with Crippen molar-refractivity contribution in [1.82, 2.24) is 14.7 Å². The summed E-state index contributed by atoms with van der Waals surface area (Å²) in [6.45, 7) is 9.09. The van der Waals surface area contributed by atoms with Gasteiger partial charge in [0.25, 0.3) is 23.6 Å². The zero-order chi connectivity index (χ0) is 40.5. The molecule has 6 aromatic carbocycles. The van der Waals surface area contributed by atoms with Gasteiger partial charge in [-0.05, 0) is 77.4 Å². The van der Waals surface area contributed by atoms with E-state index in [4.69, 9.17) is 8.92 Å². The number of benzene rings is 6. The topological polar surface area (TPSA) is 78.0 Å². The van der Waals surface area contributed by atoms with Gasteiger partial charge in [0.15, 0.2) is 0 Å². The van der Waals surface area contributed by atoms with Crippen LogP contribution in [0.1, 0.15) is 85.9 Å². The third-order valence-corrected chi connectivity index (χ3v) is 10.3. The van der Waals surface area contributed by atoms with E-state index in [1.165, 1.54) is 27.2 Å². The summed E-state index contributed by atoms with van der Waals surface area (Å²) in [5.74, 6) is -0.0842. The molecule has 4 amide bonds. The van der Waals surface area contributed by atoms with E-state index in [1.807, 2.05) is 133 Å². The van der Waals surface area contributed by atoms with Gasteiger partial charge in [-0.1, -0.05) is 133 Å². The van der Waals surface area contributed by atoms with Crippen molar-refractivity contribution in [1.29, 1.82) is 0 Å². The molecule has 0 bridgehead atoms. The summed E-state index contributed by atoms with van der Waals surface area (Å²) >= 11 is 0.822. The number of hydrogen-bond donors (Lipinski definition) is 0. The van der Waals surface area contributed by atoms with Gasteiger partial charge in [-0.2, -0.15) is 0 Å². The summed E-state index contributed by atoms with van der Waals surface area (Å²) in [7, 11) is 4.77. The van der Waals surface area contributed by atoms with Crippen molar-refractivity contribution in [3.05, 3.63) is 212 Å². The zero-order valence-corrected chi connectivity index (χ0v) is 36.4. The van der Waals surface area contributed by atoms with E-state index >= 15 is 0 Å². The van der Waals surface area contributed by atoms with Gasteiger partial charge in [0, 0.05) is 37.3 Å². The molecule has 0 saturated heterocycles. The normalized spacial score (nSPS) is 13.5. The fourth-order valence-corrected chi connectivity index (χ4v) is 7.42. The van der Waals surface area contributed by atoms with Crippen molar-refractivity contribution >= 4 is 53.9 Å². The molecule has 7 nitrogen and oxygen atoms in total. The molecule has 0 aromatic heterocycles. The maximum absolute atomic E-state index is 12.3. The van der Waals surface area contributed by atoms with Gasteiger partial charge in [0.2, 0.25) is 0 Å². The number of carbonyl (C=O) groups is 4. The van der Waals surface area contributed by atoms with Crippen molar-refractivity contribution < 1.29 is 19.2 Å². The molecule has 0 spiro atoms. The third kappa shape index (κ3) is 9.38. The van der Waals surface area contributed by atoms with E-state index in [2.05, 4.69) is 37.3 Å². The number of halogens is 1. The number of hydrogen-bond acceptors (Lipinski definition) is 4. The number of carbonyl (C=O) groups excluding carboxylic acids is 4. The van der Waals surface area contributed by atoms with Gasteiger partial charge in [0.1, 0.15) is 0 Å². The van der Waals surface area contributed by atoms with Crippen molar-refractivity contribution in [2.75, 3.05) is 0 Å². The number of imide groups is 1. The minimum atomic E-state index is -0.201. The molecule has 0 atom stereocenters. The average molecular weight is 881 g/mol. The summed E-state index contributed by atoms with van der Waals surface area (Å²) < 4.78 is 0. The molecule has 0 saturated carbocycles. The predicted octanol–water partition coefficient (Wildman–Crippen LogP) is 9.13. The fraction of sp³-hybridized carbons (Fsp3) is 0.167. The van der Waals surface area contributed by atoms with Crippen molar-refractivity contribution in [3.8, 4) is 0 Å². The number of rotatable bonds is 6. The molecule has 57 heavy (non-hydrogen) atoms. The molecule has 0 aliphatic carbocycles. The zero-order valence-electron chi connectivity index (χ0n) is 32.3. The number of amides is 4. The first kappa shape index (κ1) is 41.1. The van der Waals surface area contributed by atoms with E-state index in [0.29, 0.717) is 30.8 Å². The molecule has 0 N–H and O–H groups in total. The Balaban J connectivity index is 0.000000141. The molecule has 2 radical (unpaired) electrons. The quantitative estimate of drug-likeness (QED) is 0.124. The minimum absolute atomic E-state index is 0.151. The van der Waals surface area contributed by atoms with E-state index < -0.39 is 0 Å². The van der Waals surface area contributed by atoms with Gasteiger partial charge in [-0.3, -0.25) is 24.1 Å². The molecule has 286 valence electrons. The first-order chi connectivity index (χ1) is 27.7. The molecule has 3 heterocycles. The monoisotopic (exact) mass is 881 g/mol. The van der Waals surface area contributed by atoms with Crippen LogP contribution in [0.25, 0.3) is 0 Å². The second-order valence-electron chi connectivity index (χ2n) is 14.2.